The van der Waals surface area contributed by atoms with Gasteiger partial charge >= 0.3 is 0 Å². The lowest BCUT2D eigenvalue weighted by Gasteiger charge is -2.22. The highest BCUT2D eigenvalue weighted by Crippen LogP contribution is 2.17. The van der Waals surface area contributed by atoms with E-state index in [1.807, 2.05) is 13.8 Å². The number of hydrogen-bond donors (Lipinski definition) is 2. The van der Waals surface area contributed by atoms with E-state index in [9.17, 15) is 13.2 Å². The first kappa shape index (κ1) is 21.4. The van der Waals surface area contributed by atoms with Crippen molar-refractivity contribution in [3.05, 3.63) is 24.3 Å². The average molecular weight is 372 g/mol. The van der Waals surface area contributed by atoms with E-state index in [-0.39, 0.29) is 23.1 Å². The second kappa shape index (κ2) is 10.4. The first-order valence-corrected chi connectivity index (χ1v) is 9.70. The van der Waals surface area contributed by atoms with Crippen LogP contribution in [-0.4, -0.2) is 47.7 Å². The number of rotatable bonds is 11. The van der Waals surface area contributed by atoms with E-state index in [1.165, 1.54) is 19.2 Å². The molecule has 1 amide bonds. The van der Waals surface area contributed by atoms with Gasteiger partial charge < -0.3 is 14.8 Å². The van der Waals surface area contributed by atoms with Gasteiger partial charge in [0.25, 0.3) is 0 Å². The van der Waals surface area contributed by atoms with Crippen LogP contribution in [0.1, 0.15) is 26.7 Å². The summed E-state index contributed by atoms with van der Waals surface area (Å²) in [5, 5.41) is 2.77. The zero-order valence-corrected chi connectivity index (χ0v) is 16.1. The second-order valence-electron chi connectivity index (χ2n) is 6.05. The van der Waals surface area contributed by atoms with E-state index in [0.29, 0.717) is 25.3 Å². The van der Waals surface area contributed by atoms with Gasteiger partial charge in [0.05, 0.1) is 12.0 Å². The Hall–Kier alpha value is -1.64. The molecule has 0 saturated carbocycles. The SMILES string of the molecule is COCCCNC(=O)C[C@@H](NS(=O)(=O)c1ccc(OC)cc1)C(C)C. The fourth-order valence-electron chi connectivity index (χ4n) is 2.15. The number of sulfonamides is 1. The fourth-order valence-corrected chi connectivity index (χ4v) is 3.54. The first-order valence-electron chi connectivity index (χ1n) is 8.22. The molecule has 0 saturated heterocycles. The molecule has 0 radical (unpaired) electrons. The number of hydrogen-bond acceptors (Lipinski definition) is 5. The number of benzene rings is 1. The Balaban J connectivity index is 2.70. The zero-order chi connectivity index (χ0) is 18.9. The third-order valence-electron chi connectivity index (χ3n) is 3.73. The lowest BCUT2D eigenvalue weighted by Crippen LogP contribution is -2.42. The molecule has 1 atom stereocenters. The second-order valence-corrected chi connectivity index (χ2v) is 7.76. The maximum absolute atomic E-state index is 12.5. The van der Waals surface area contributed by atoms with E-state index in [2.05, 4.69) is 10.0 Å². The van der Waals surface area contributed by atoms with Crippen molar-refractivity contribution in [2.24, 2.45) is 5.92 Å². The molecule has 0 unspecified atom stereocenters. The number of methoxy groups -OCH3 is 2. The van der Waals surface area contributed by atoms with Crippen LogP contribution in [0.4, 0.5) is 0 Å². The van der Waals surface area contributed by atoms with E-state index < -0.39 is 16.1 Å². The van der Waals surface area contributed by atoms with Gasteiger partial charge in [-0.15, -0.1) is 0 Å². The third-order valence-corrected chi connectivity index (χ3v) is 5.24. The van der Waals surface area contributed by atoms with Crippen LogP contribution in [0.2, 0.25) is 0 Å². The van der Waals surface area contributed by atoms with Crippen molar-refractivity contribution in [3.63, 3.8) is 0 Å². The highest BCUT2D eigenvalue weighted by molar-refractivity contribution is 7.89. The molecule has 1 rings (SSSR count). The molecule has 142 valence electrons. The van der Waals surface area contributed by atoms with Crippen molar-refractivity contribution in [2.75, 3.05) is 27.4 Å². The lowest BCUT2D eigenvalue weighted by atomic mass is 10.0. The Morgan fingerprint density at radius 2 is 1.80 bits per heavy atom. The molecular weight excluding hydrogens is 344 g/mol. The van der Waals surface area contributed by atoms with Crippen LogP contribution >= 0.6 is 0 Å². The van der Waals surface area contributed by atoms with E-state index in [1.54, 1.807) is 19.2 Å². The molecule has 1 aromatic carbocycles. The molecule has 8 heteroatoms. The molecule has 0 bridgehead atoms. The summed E-state index contributed by atoms with van der Waals surface area (Å²) in [6, 6.07) is 5.63. The Bertz CT molecular complexity index is 629. The van der Waals surface area contributed by atoms with Crippen molar-refractivity contribution in [3.8, 4) is 5.75 Å². The molecule has 0 fully saturated rings. The van der Waals surface area contributed by atoms with Gasteiger partial charge in [0.1, 0.15) is 5.75 Å². The van der Waals surface area contributed by atoms with Crippen molar-refractivity contribution in [1.82, 2.24) is 10.0 Å². The summed E-state index contributed by atoms with van der Waals surface area (Å²) >= 11 is 0. The number of carbonyl (C=O) groups is 1. The van der Waals surface area contributed by atoms with Crippen molar-refractivity contribution < 1.29 is 22.7 Å². The van der Waals surface area contributed by atoms with Crippen molar-refractivity contribution in [2.45, 2.75) is 37.6 Å². The van der Waals surface area contributed by atoms with Gasteiger partial charge in [0.15, 0.2) is 0 Å². The molecule has 0 aliphatic heterocycles. The minimum Gasteiger partial charge on any atom is -0.497 e. The monoisotopic (exact) mass is 372 g/mol. The predicted molar refractivity (Wildman–Crippen MR) is 96.1 cm³/mol. The summed E-state index contributed by atoms with van der Waals surface area (Å²) < 4.78 is 37.6. The maximum atomic E-state index is 12.5. The van der Waals surface area contributed by atoms with Crippen LogP contribution in [0.3, 0.4) is 0 Å². The van der Waals surface area contributed by atoms with E-state index >= 15 is 0 Å². The maximum Gasteiger partial charge on any atom is 0.240 e. The lowest BCUT2D eigenvalue weighted by molar-refractivity contribution is -0.121. The molecule has 0 aliphatic rings. The smallest absolute Gasteiger partial charge is 0.240 e. The quantitative estimate of drug-likeness (QED) is 0.575. The predicted octanol–water partition coefficient (Wildman–Crippen LogP) is 1.54. The summed E-state index contributed by atoms with van der Waals surface area (Å²) in [7, 11) is -0.592. The summed E-state index contributed by atoms with van der Waals surface area (Å²) in [5.74, 6) is 0.361. The fraction of sp³-hybridized carbons (Fsp3) is 0.588. The molecular formula is C17H28N2O5S. The van der Waals surface area contributed by atoms with Gasteiger partial charge in [0.2, 0.25) is 15.9 Å². The minimum absolute atomic E-state index is 0.0299. The van der Waals surface area contributed by atoms with Crippen LogP contribution in [-0.2, 0) is 19.6 Å². The highest BCUT2D eigenvalue weighted by atomic mass is 32.2. The van der Waals surface area contributed by atoms with Gasteiger partial charge in [0, 0.05) is 32.7 Å². The van der Waals surface area contributed by atoms with Gasteiger partial charge in [-0.25, -0.2) is 13.1 Å². The Morgan fingerprint density at radius 1 is 1.16 bits per heavy atom. The molecule has 0 heterocycles. The van der Waals surface area contributed by atoms with Crippen molar-refractivity contribution >= 4 is 15.9 Å². The van der Waals surface area contributed by atoms with Gasteiger partial charge in [-0.3, -0.25) is 4.79 Å². The Labute approximate surface area is 150 Å². The summed E-state index contributed by atoms with van der Waals surface area (Å²) in [6.45, 7) is 4.82. The van der Waals surface area contributed by atoms with Crippen LogP contribution < -0.4 is 14.8 Å². The molecule has 0 aromatic heterocycles. The van der Waals surface area contributed by atoms with E-state index in [4.69, 9.17) is 9.47 Å². The first-order chi connectivity index (χ1) is 11.8. The van der Waals surface area contributed by atoms with Crippen LogP contribution in [0.15, 0.2) is 29.2 Å². The number of nitrogens with one attached hydrogen (secondary N) is 2. The number of ether oxygens (including phenoxy) is 2. The Kier molecular flexibility index (Phi) is 8.88. The van der Waals surface area contributed by atoms with Crippen LogP contribution in [0, 0.1) is 5.92 Å². The van der Waals surface area contributed by atoms with Gasteiger partial charge in [-0.05, 0) is 36.6 Å². The summed E-state index contributed by atoms with van der Waals surface area (Å²) in [4.78, 5) is 12.2. The highest BCUT2D eigenvalue weighted by Gasteiger charge is 2.24. The minimum atomic E-state index is -3.71. The van der Waals surface area contributed by atoms with Crippen molar-refractivity contribution in [1.29, 1.82) is 0 Å². The Morgan fingerprint density at radius 3 is 2.32 bits per heavy atom. The molecule has 2 N–H and O–H groups in total. The normalized spacial score (nSPS) is 12.8. The standard InChI is InChI=1S/C17H28N2O5S/c1-13(2)16(12-17(20)18-10-5-11-23-3)19-25(21,22)15-8-6-14(24-4)7-9-15/h6-9,13,16,19H,5,10-12H2,1-4H3,(H,18,20)/t16-/m1/s1. The molecule has 25 heavy (non-hydrogen) atoms. The summed E-state index contributed by atoms with van der Waals surface area (Å²) in [6.07, 6.45) is 0.798. The van der Waals surface area contributed by atoms with Gasteiger partial charge in [-0.1, -0.05) is 13.8 Å². The molecule has 1 aromatic rings. The molecule has 0 spiro atoms. The zero-order valence-electron chi connectivity index (χ0n) is 15.2. The number of carbonyl (C=O) groups excluding carboxylic acids is 1. The number of amides is 1. The largest absolute Gasteiger partial charge is 0.497 e. The summed E-state index contributed by atoms with van der Waals surface area (Å²) in [5.41, 5.74) is 0. The van der Waals surface area contributed by atoms with Crippen LogP contribution in [0.25, 0.3) is 0 Å². The topological polar surface area (TPSA) is 93.7 Å². The molecule has 7 nitrogen and oxygen atoms in total. The van der Waals surface area contributed by atoms with Crippen LogP contribution in [0.5, 0.6) is 5.75 Å². The average Bonchev–Trinajstić information content (AvgIpc) is 2.58. The van der Waals surface area contributed by atoms with Gasteiger partial charge in [-0.2, -0.15) is 0 Å². The third kappa shape index (κ3) is 7.41. The molecule has 0 aliphatic carbocycles. The van der Waals surface area contributed by atoms with E-state index in [0.717, 1.165) is 0 Å².